The standard InChI is InChI=1S/C8H11FO/c9-6-5-8(3-4-8)2-1-7(6)10/h6H,1-5H2/t6-/m0/s1. The third-order valence-corrected chi connectivity index (χ3v) is 2.82. The van der Waals surface area contributed by atoms with Crippen LogP contribution in [0.25, 0.3) is 0 Å². The van der Waals surface area contributed by atoms with E-state index in [9.17, 15) is 9.18 Å². The molecule has 0 aromatic carbocycles. The molecule has 0 saturated heterocycles. The van der Waals surface area contributed by atoms with Gasteiger partial charge in [-0.1, -0.05) is 0 Å². The zero-order valence-corrected chi connectivity index (χ0v) is 5.90. The van der Waals surface area contributed by atoms with E-state index in [2.05, 4.69) is 0 Å². The number of alkyl halides is 1. The molecule has 10 heavy (non-hydrogen) atoms. The molecular weight excluding hydrogens is 131 g/mol. The first kappa shape index (κ1) is 6.32. The number of carbonyl (C=O) groups is 1. The molecule has 2 fully saturated rings. The summed E-state index contributed by atoms with van der Waals surface area (Å²) >= 11 is 0. The summed E-state index contributed by atoms with van der Waals surface area (Å²) in [6.07, 6.45) is 3.14. The zero-order chi connectivity index (χ0) is 7.19. The van der Waals surface area contributed by atoms with E-state index in [0.717, 1.165) is 19.3 Å². The number of ketones is 1. The third kappa shape index (κ3) is 0.862. The highest BCUT2D eigenvalue weighted by atomic mass is 19.1. The van der Waals surface area contributed by atoms with Gasteiger partial charge in [0.05, 0.1) is 0 Å². The molecule has 0 heterocycles. The van der Waals surface area contributed by atoms with Crippen LogP contribution in [0.2, 0.25) is 0 Å². The summed E-state index contributed by atoms with van der Waals surface area (Å²) in [4.78, 5) is 10.7. The van der Waals surface area contributed by atoms with E-state index in [4.69, 9.17) is 0 Å². The van der Waals surface area contributed by atoms with Gasteiger partial charge >= 0.3 is 0 Å². The van der Waals surface area contributed by atoms with Gasteiger partial charge in [-0.2, -0.15) is 0 Å². The van der Waals surface area contributed by atoms with Gasteiger partial charge in [-0.25, -0.2) is 4.39 Å². The lowest BCUT2D eigenvalue weighted by atomic mass is 9.84. The molecule has 0 aromatic heterocycles. The van der Waals surface area contributed by atoms with Crippen LogP contribution in [0.5, 0.6) is 0 Å². The fourth-order valence-corrected chi connectivity index (χ4v) is 1.77. The van der Waals surface area contributed by atoms with Gasteiger partial charge < -0.3 is 0 Å². The van der Waals surface area contributed by atoms with E-state index in [1.54, 1.807) is 0 Å². The summed E-state index contributed by atoms with van der Waals surface area (Å²) in [5.41, 5.74) is 0.285. The van der Waals surface area contributed by atoms with Gasteiger partial charge in [0.25, 0.3) is 0 Å². The minimum absolute atomic E-state index is 0.169. The third-order valence-electron chi connectivity index (χ3n) is 2.82. The number of hydrogen-bond acceptors (Lipinski definition) is 1. The Bertz CT molecular complexity index is 172. The fourth-order valence-electron chi connectivity index (χ4n) is 1.77. The Kier molecular flexibility index (Phi) is 1.14. The number of hydrogen-bond donors (Lipinski definition) is 0. The van der Waals surface area contributed by atoms with E-state index in [1.165, 1.54) is 0 Å². The van der Waals surface area contributed by atoms with Crippen molar-refractivity contribution in [3.63, 3.8) is 0 Å². The molecule has 56 valence electrons. The quantitative estimate of drug-likeness (QED) is 0.504. The van der Waals surface area contributed by atoms with Crippen LogP contribution in [0.15, 0.2) is 0 Å². The van der Waals surface area contributed by atoms with Crippen molar-refractivity contribution in [3.05, 3.63) is 0 Å². The number of rotatable bonds is 0. The van der Waals surface area contributed by atoms with Crippen molar-refractivity contribution in [1.29, 1.82) is 0 Å². The highest BCUT2D eigenvalue weighted by Crippen LogP contribution is 2.55. The Labute approximate surface area is 59.6 Å². The summed E-state index contributed by atoms with van der Waals surface area (Å²) in [7, 11) is 0. The Balaban J connectivity index is 2.04. The molecule has 0 amide bonds. The first-order valence-corrected chi connectivity index (χ1v) is 3.89. The van der Waals surface area contributed by atoms with Crippen LogP contribution in [0, 0.1) is 5.41 Å². The zero-order valence-electron chi connectivity index (χ0n) is 5.90. The van der Waals surface area contributed by atoms with E-state index >= 15 is 0 Å². The van der Waals surface area contributed by atoms with Crippen molar-refractivity contribution in [1.82, 2.24) is 0 Å². The predicted molar refractivity (Wildman–Crippen MR) is 35.4 cm³/mol. The van der Waals surface area contributed by atoms with Gasteiger partial charge in [-0.3, -0.25) is 4.79 Å². The largest absolute Gasteiger partial charge is 0.296 e. The maximum Gasteiger partial charge on any atom is 0.166 e. The molecule has 2 rings (SSSR count). The van der Waals surface area contributed by atoms with E-state index < -0.39 is 6.17 Å². The van der Waals surface area contributed by atoms with Crippen molar-refractivity contribution >= 4 is 5.78 Å². The first-order valence-electron chi connectivity index (χ1n) is 3.89. The number of Topliss-reactive ketones (excluding diaryl/α,β-unsaturated/α-hetero) is 1. The molecule has 1 nitrogen and oxygen atoms in total. The SMILES string of the molecule is O=C1CCC2(CC2)C[C@@H]1F. The average molecular weight is 142 g/mol. The van der Waals surface area contributed by atoms with Crippen LogP contribution in [0.4, 0.5) is 4.39 Å². The lowest BCUT2D eigenvalue weighted by Crippen LogP contribution is -2.26. The van der Waals surface area contributed by atoms with Gasteiger partial charge in [0.1, 0.15) is 0 Å². The maximum absolute atomic E-state index is 12.8. The predicted octanol–water partition coefficient (Wildman–Crippen LogP) is 1.86. The van der Waals surface area contributed by atoms with Crippen LogP contribution in [-0.4, -0.2) is 12.0 Å². The fraction of sp³-hybridized carbons (Fsp3) is 0.875. The first-order chi connectivity index (χ1) is 4.72. The molecule has 0 aromatic rings. The lowest BCUT2D eigenvalue weighted by Gasteiger charge is -2.22. The number of carbonyl (C=O) groups excluding carboxylic acids is 1. The van der Waals surface area contributed by atoms with Crippen molar-refractivity contribution in [2.75, 3.05) is 0 Å². The summed E-state index contributed by atoms with van der Waals surface area (Å²) in [5, 5.41) is 0. The second-order valence-electron chi connectivity index (χ2n) is 3.64. The van der Waals surface area contributed by atoms with Crippen LogP contribution < -0.4 is 0 Å². The van der Waals surface area contributed by atoms with E-state index in [1.807, 2.05) is 0 Å². The molecule has 0 N–H and O–H groups in total. The molecule has 1 spiro atoms. The highest BCUT2D eigenvalue weighted by Gasteiger charge is 2.48. The molecule has 0 aliphatic heterocycles. The van der Waals surface area contributed by atoms with Crippen LogP contribution >= 0.6 is 0 Å². The van der Waals surface area contributed by atoms with Crippen LogP contribution in [0.1, 0.15) is 32.1 Å². The van der Waals surface area contributed by atoms with Gasteiger partial charge in [0.2, 0.25) is 0 Å². The molecule has 2 saturated carbocycles. The molecule has 0 radical (unpaired) electrons. The Morgan fingerprint density at radius 1 is 1.40 bits per heavy atom. The van der Waals surface area contributed by atoms with Crippen LogP contribution in [0.3, 0.4) is 0 Å². The normalized spacial score (nSPS) is 36.5. The Morgan fingerprint density at radius 3 is 2.60 bits per heavy atom. The van der Waals surface area contributed by atoms with Crippen molar-refractivity contribution < 1.29 is 9.18 Å². The van der Waals surface area contributed by atoms with Gasteiger partial charge in [-0.15, -0.1) is 0 Å². The Morgan fingerprint density at radius 2 is 2.10 bits per heavy atom. The summed E-state index contributed by atoms with van der Waals surface area (Å²) in [6.45, 7) is 0. The molecule has 2 aliphatic carbocycles. The highest BCUT2D eigenvalue weighted by molar-refractivity contribution is 5.84. The van der Waals surface area contributed by atoms with Crippen molar-refractivity contribution in [2.24, 2.45) is 5.41 Å². The summed E-state index contributed by atoms with van der Waals surface area (Å²) in [6, 6.07) is 0. The van der Waals surface area contributed by atoms with Crippen molar-refractivity contribution in [3.8, 4) is 0 Å². The smallest absolute Gasteiger partial charge is 0.166 e. The summed E-state index contributed by atoms with van der Waals surface area (Å²) < 4.78 is 12.8. The second-order valence-corrected chi connectivity index (χ2v) is 3.64. The van der Waals surface area contributed by atoms with Gasteiger partial charge in [0, 0.05) is 6.42 Å². The molecule has 2 heteroatoms. The van der Waals surface area contributed by atoms with Crippen molar-refractivity contribution in [2.45, 2.75) is 38.3 Å². The van der Waals surface area contributed by atoms with E-state index in [0.29, 0.717) is 12.8 Å². The molecule has 0 bridgehead atoms. The van der Waals surface area contributed by atoms with Crippen LogP contribution in [-0.2, 0) is 4.79 Å². The molecule has 2 aliphatic rings. The van der Waals surface area contributed by atoms with E-state index in [-0.39, 0.29) is 11.2 Å². The topological polar surface area (TPSA) is 17.1 Å². The monoisotopic (exact) mass is 142 g/mol. The minimum atomic E-state index is -1.13. The van der Waals surface area contributed by atoms with Gasteiger partial charge in [-0.05, 0) is 31.1 Å². The second kappa shape index (κ2) is 1.80. The van der Waals surface area contributed by atoms with Gasteiger partial charge in [0.15, 0.2) is 12.0 Å². The molecule has 0 unspecified atom stereocenters. The summed E-state index contributed by atoms with van der Waals surface area (Å²) in [5.74, 6) is -0.169. The molecular formula is C8H11FO. The Hall–Kier alpha value is -0.400. The number of halogens is 1. The lowest BCUT2D eigenvalue weighted by molar-refractivity contribution is -0.127. The average Bonchev–Trinajstić information content (AvgIpc) is 2.62. The molecule has 1 atom stereocenters. The minimum Gasteiger partial charge on any atom is -0.296 e. The maximum atomic E-state index is 12.8.